The Labute approximate surface area is 83.3 Å². The van der Waals surface area contributed by atoms with Crippen molar-refractivity contribution in [2.24, 2.45) is 5.92 Å². The molecule has 1 fully saturated rings. The summed E-state index contributed by atoms with van der Waals surface area (Å²) in [6.45, 7) is 4.52. The zero-order valence-electron chi connectivity index (χ0n) is 8.36. The van der Waals surface area contributed by atoms with Crippen LogP contribution in [-0.2, 0) is 6.54 Å². The Morgan fingerprint density at radius 3 is 3.29 bits per heavy atom. The highest BCUT2D eigenvalue weighted by Crippen LogP contribution is 2.14. The summed E-state index contributed by atoms with van der Waals surface area (Å²) in [5, 5.41) is 7.30. The summed E-state index contributed by atoms with van der Waals surface area (Å²) in [4.78, 5) is 12.0. The summed E-state index contributed by atoms with van der Waals surface area (Å²) in [5.41, 5.74) is 0.751. The summed E-state index contributed by atoms with van der Waals surface area (Å²) in [7, 11) is 0. The van der Waals surface area contributed by atoms with E-state index in [9.17, 15) is 4.79 Å². The molecule has 1 atom stereocenters. The molecule has 14 heavy (non-hydrogen) atoms. The van der Waals surface area contributed by atoms with E-state index in [1.54, 1.807) is 10.9 Å². The molecule has 2 rings (SSSR count). The van der Waals surface area contributed by atoms with Crippen molar-refractivity contribution in [2.45, 2.75) is 19.9 Å². The van der Waals surface area contributed by atoms with Gasteiger partial charge in [-0.1, -0.05) is 0 Å². The van der Waals surface area contributed by atoms with E-state index in [4.69, 9.17) is 0 Å². The fourth-order valence-corrected chi connectivity index (χ4v) is 1.88. The molecular weight excluding hydrogens is 178 g/mol. The topological polar surface area (TPSA) is 46.9 Å². The fourth-order valence-electron chi connectivity index (χ4n) is 1.88. The molecule has 2 heterocycles. The van der Waals surface area contributed by atoms with Crippen LogP contribution in [0.4, 0.5) is 0 Å². The van der Waals surface area contributed by atoms with Crippen LogP contribution in [0.3, 0.4) is 0 Å². The number of hydrogen-bond donors (Lipinski definition) is 1. The van der Waals surface area contributed by atoms with Gasteiger partial charge in [0.25, 0.3) is 0 Å². The summed E-state index contributed by atoms with van der Waals surface area (Å²) in [6.07, 6.45) is 2.65. The number of carbonyl (C=O) groups is 1. The molecule has 1 aromatic heterocycles. The van der Waals surface area contributed by atoms with E-state index in [-0.39, 0.29) is 11.7 Å². The molecule has 0 aromatic carbocycles. The van der Waals surface area contributed by atoms with Gasteiger partial charge >= 0.3 is 0 Å². The number of ketones is 1. The first-order valence-corrected chi connectivity index (χ1v) is 5.09. The molecular formula is C10H15N3O. The van der Waals surface area contributed by atoms with Gasteiger partial charge in [0.05, 0.1) is 0 Å². The number of nitrogens with one attached hydrogen (secondary N) is 1. The predicted molar refractivity (Wildman–Crippen MR) is 53.2 cm³/mol. The number of Topliss-reactive ketones (excluding diaryl/α,β-unsaturated/α-hetero) is 1. The van der Waals surface area contributed by atoms with Gasteiger partial charge in [-0.25, -0.2) is 0 Å². The SMILES string of the molecule is CCn1nccc1C(=O)C1CCNC1. The molecule has 0 bridgehead atoms. The van der Waals surface area contributed by atoms with Gasteiger partial charge in [0.15, 0.2) is 5.78 Å². The quantitative estimate of drug-likeness (QED) is 0.719. The van der Waals surface area contributed by atoms with Crippen LogP contribution in [0.1, 0.15) is 23.8 Å². The molecule has 0 spiro atoms. The third-order valence-electron chi connectivity index (χ3n) is 2.70. The molecule has 0 saturated carbocycles. The zero-order valence-corrected chi connectivity index (χ0v) is 8.36. The van der Waals surface area contributed by atoms with E-state index in [2.05, 4.69) is 10.4 Å². The third kappa shape index (κ3) is 1.57. The first-order chi connectivity index (χ1) is 6.83. The van der Waals surface area contributed by atoms with Crippen molar-refractivity contribution in [3.63, 3.8) is 0 Å². The van der Waals surface area contributed by atoms with Crippen molar-refractivity contribution in [1.29, 1.82) is 0 Å². The molecule has 1 aromatic rings. The molecule has 1 saturated heterocycles. The largest absolute Gasteiger partial charge is 0.316 e. The van der Waals surface area contributed by atoms with Gasteiger partial charge in [-0.05, 0) is 26.0 Å². The first-order valence-electron chi connectivity index (χ1n) is 5.09. The maximum absolute atomic E-state index is 12.0. The smallest absolute Gasteiger partial charge is 0.185 e. The fraction of sp³-hybridized carbons (Fsp3) is 0.600. The van der Waals surface area contributed by atoms with Crippen LogP contribution in [0.25, 0.3) is 0 Å². The van der Waals surface area contributed by atoms with E-state index < -0.39 is 0 Å². The van der Waals surface area contributed by atoms with Gasteiger partial charge in [-0.2, -0.15) is 5.10 Å². The maximum Gasteiger partial charge on any atom is 0.185 e. The summed E-state index contributed by atoms with van der Waals surface area (Å²) >= 11 is 0. The molecule has 1 unspecified atom stereocenters. The number of aryl methyl sites for hydroxylation is 1. The van der Waals surface area contributed by atoms with Crippen LogP contribution in [0.2, 0.25) is 0 Å². The van der Waals surface area contributed by atoms with Crippen molar-refractivity contribution < 1.29 is 4.79 Å². The molecule has 0 aliphatic carbocycles. The lowest BCUT2D eigenvalue weighted by Crippen LogP contribution is -2.21. The van der Waals surface area contributed by atoms with Crippen LogP contribution < -0.4 is 5.32 Å². The monoisotopic (exact) mass is 193 g/mol. The lowest BCUT2D eigenvalue weighted by molar-refractivity contribution is 0.0919. The minimum absolute atomic E-state index is 0.150. The number of hydrogen-bond acceptors (Lipinski definition) is 3. The summed E-state index contributed by atoms with van der Waals surface area (Å²) < 4.78 is 1.76. The number of aromatic nitrogens is 2. The second kappa shape index (κ2) is 3.92. The predicted octanol–water partition coefficient (Wildman–Crippen LogP) is 0.695. The number of nitrogens with zero attached hydrogens (tertiary/aromatic N) is 2. The lowest BCUT2D eigenvalue weighted by Gasteiger charge is -2.08. The molecule has 0 radical (unpaired) electrons. The Hall–Kier alpha value is -1.16. The van der Waals surface area contributed by atoms with Crippen LogP contribution in [-0.4, -0.2) is 28.7 Å². The Kier molecular flexibility index (Phi) is 2.63. The van der Waals surface area contributed by atoms with Crippen molar-refractivity contribution >= 4 is 5.78 Å². The summed E-state index contributed by atoms with van der Waals surface area (Å²) in [5.74, 6) is 0.381. The van der Waals surface area contributed by atoms with Crippen molar-refractivity contribution in [1.82, 2.24) is 15.1 Å². The van der Waals surface area contributed by atoms with Gasteiger partial charge in [-0.3, -0.25) is 9.48 Å². The third-order valence-corrected chi connectivity index (χ3v) is 2.70. The Morgan fingerprint density at radius 2 is 2.64 bits per heavy atom. The summed E-state index contributed by atoms with van der Waals surface area (Å²) in [6, 6.07) is 1.81. The first kappa shape index (κ1) is 9.40. The van der Waals surface area contributed by atoms with Crippen molar-refractivity contribution in [3.8, 4) is 0 Å². The van der Waals surface area contributed by atoms with E-state index >= 15 is 0 Å². The molecule has 1 aliphatic rings. The van der Waals surface area contributed by atoms with E-state index in [1.165, 1.54) is 0 Å². The highest BCUT2D eigenvalue weighted by molar-refractivity contribution is 5.96. The minimum Gasteiger partial charge on any atom is -0.316 e. The van der Waals surface area contributed by atoms with Gasteiger partial charge in [0, 0.05) is 25.2 Å². The van der Waals surface area contributed by atoms with E-state index in [1.807, 2.05) is 13.0 Å². The van der Waals surface area contributed by atoms with Gasteiger partial charge < -0.3 is 5.32 Å². The van der Waals surface area contributed by atoms with E-state index in [0.29, 0.717) is 0 Å². The zero-order chi connectivity index (χ0) is 9.97. The van der Waals surface area contributed by atoms with Crippen molar-refractivity contribution in [3.05, 3.63) is 18.0 Å². The van der Waals surface area contributed by atoms with Crippen LogP contribution >= 0.6 is 0 Å². The van der Waals surface area contributed by atoms with Gasteiger partial charge in [0.1, 0.15) is 5.69 Å². The second-order valence-electron chi connectivity index (χ2n) is 3.59. The van der Waals surface area contributed by atoms with Gasteiger partial charge in [-0.15, -0.1) is 0 Å². The highest BCUT2D eigenvalue weighted by Gasteiger charge is 2.25. The highest BCUT2D eigenvalue weighted by atomic mass is 16.1. The minimum atomic E-state index is 0.150. The maximum atomic E-state index is 12.0. The van der Waals surface area contributed by atoms with Crippen molar-refractivity contribution in [2.75, 3.05) is 13.1 Å². The Balaban J connectivity index is 2.17. The standard InChI is InChI=1S/C10H15N3O/c1-2-13-9(4-6-12-13)10(14)8-3-5-11-7-8/h4,6,8,11H,2-3,5,7H2,1H3. The molecule has 4 nitrogen and oxygen atoms in total. The van der Waals surface area contributed by atoms with Crippen LogP contribution in [0, 0.1) is 5.92 Å². The van der Waals surface area contributed by atoms with Crippen LogP contribution in [0.5, 0.6) is 0 Å². The molecule has 0 amide bonds. The molecule has 1 N–H and O–H groups in total. The van der Waals surface area contributed by atoms with Gasteiger partial charge in [0.2, 0.25) is 0 Å². The lowest BCUT2D eigenvalue weighted by atomic mass is 10.0. The Bertz CT molecular complexity index is 326. The normalized spacial score (nSPS) is 21.4. The van der Waals surface area contributed by atoms with Crippen LogP contribution in [0.15, 0.2) is 12.3 Å². The van der Waals surface area contributed by atoms with E-state index in [0.717, 1.165) is 31.7 Å². The number of rotatable bonds is 3. The molecule has 4 heteroatoms. The Morgan fingerprint density at radius 1 is 1.79 bits per heavy atom. The molecule has 76 valence electrons. The average Bonchev–Trinajstić information content (AvgIpc) is 2.87. The average molecular weight is 193 g/mol. The second-order valence-corrected chi connectivity index (χ2v) is 3.59. The molecule has 1 aliphatic heterocycles. The number of carbonyl (C=O) groups excluding carboxylic acids is 1.